The summed E-state index contributed by atoms with van der Waals surface area (Å²) >= 11 is 0. The Morgan fingerprint density at radius 1 is 0.968 bits per heavy atom. The van der Waals surface area contributed by atoms with E-state index in [0.717, 1.165) is 37.9 Å². The van der Waals surface area contributed by atoms with Gasteiger partial charge >= 0.3 is 0 Å². The first-order valence-corrected chi connectivity index (χ1v) is 12.5. The van der Waals surface area contributed by atoms with E-state index in [2.05, 4.69) is 60.5 Å². The summed E-state index contributed by atoms with van der Waals surface area (Å²) in [6.07, 6.45) is 11.1. The first kappa shape index (κ1) is 23.8. The molecule has 0 heterocycles. The van der Waals surface area contributed by atoms with Gasteiger partial charge in [-0.1, -0.05) is 56.2 Å². The van der Waals surface area contributed by atoms with Gasteiger partial charge in [0.05, 0.1) is 0 Å². The van der Waals surface area contributed by atoms with Gasteiger partial charge in [0.25, 0.3) is 0 Å². The van der Waals surface area contributed by atoms with Crippen molar-refractivity contribution >= 4 is 0 Å². The summed E-state index contributed by atoms with van der Waals surface area (Å²) in [5.74, 6) is 0.456. The van der Waals surface area contributed by atoms with E-state index in [9.17, 15) is 5.11 Å². The highest BCUT2D eigenvalue weighted by Gasteiger charge is 2.25. The van der Waals surface area contributed by atoms with Gasteiger partial charge in [-0.05, 0) is 106 Å². The number of fused-ring (bicyclic) bond motifs is 1. The number of rotatable bonds is 13. The van der Waals surface area contributed by atoms with Crippen LogP contribution >= 0.6 is 0 Å². The largest absolute Gasteiger partial charge is 0.508 e. The van der Waals surface area contributed by atoms with E-state index < -0.39 is 0 Å². The quantitative estimate of drug-likeness (QED) is 0.409. The zero-order valence-corrected chi connectivity index (χ0v) is 19.7. The third kappa shape index (κ3) is 7.36. The molecule has 1 aliphatic rings. The van der Waals surface area contributed by atoms with E-state index in [0.29, 0.717) is 11.8 Å². The molecule has 0 bridgehead atoms. The summed E-state index contributed by atoms with van der Waals surface area (Å²) in [7, 11) is 0. The van der Waals surface area contributed by atoms with Crippen molar-refractivity contribution in [3.63, 3.8) is 0 Å². The molecule has 2 aromatic carbocycles. The number of benzene rings is 2. The van der Waals surface area contributed by atoms with Crippen LogP contribution in [0.25, 0.3) is 0 Å². The number of phenols is 1. The van der Waals surface area contributed by atoms with Crippen LogP contribution in [0.5, 0.6) is 5.75 Å². The summed E-state index contributed by atoms with van der Waals surface area (Å²) in [4.78, 5) is 2.74. The third-order valence-electron chi connectivity index (χ3n) is 6.86. The van der Waals surface area contributed by atoms with Gasteiger partial charge in [-0.15, -0.1) is 0 Å². The number of nitrogens with one attached hydrogen (secondary N) is 1. The van der Waals surface area contributed by atoms with Crippen LogP contribution in [0.1, 0.15) is 67.7 Å². The second-order valence-electron chi connectivity index (χ2n) is 9.18. The maximum atomic E-state index is 10.0. The number of aromatic hydroxyl groups is 1. The smallest absolute Gasteiger partial charge is 0.118 e. The van der Waals surface area contributed by atoms with Gasteiger partial charge in [-0.25, -0.2) is 0 Å². The lowest BCUT2D eigenvalue weighted by molar-refractivity contribution is 0.176. The van der Waals surface area contributed by atoms with Crippen LogP contribution in [0.3, 0.4) is 0 Å². The molecule has 0 radical (unpaired) electrons. The van der Waals surface area contributed by atoms with Gasteiger partial charge in [-0.2, -0.15) is 0 Å². The molecule has 2 N–H and O–H groups in total. The van der Waals surface area contributed by atoms with Gasteiger partial charge < -0.3 is 15.3 Å². The van der Waals surface area contributed by atoms with Crippen molar-refractivity contribution in [1.82, 2.24) is 10.2 Å². The van der Waals surface area contributed by atoms with Gasteiger partial charge in [0.2, 0.25) is 0 Å². The van der Waals surface area contributed by atoms with Crippen LogP contribution in [0.4, 0.5) is 0 Å². The monoisotopic (exact) mass is 422 g/mol. The molecule has 3 nitrogen and oxygen atoms in total. The predicted octanol–water partition coefficient (Wildman–Crippen LogP) is 5.66. The number of nitrogens with zero attached hydrogens (tertiary/aromatic N) is 1. The Labute approximate surface area is 189 Å². The highest BCUT2D eigenvalue weighted by atomic mass is 16.3. The van der Waals surface area contributed by atoms with Gasteiger partial charge in [-0.3, -0.25) is 0 Å². The molecule has 1 aliphatic carbocycles. The van der Waals surface area contributed by atoms with Gasteiger partial charge in [0.15, 0.2) is 0 Å². The van der Waals surface area contributed by atoms with E-state index in [4.69, 9.17) is 0 Å². The predicted molar refractivity (Wildman–Crippen MR) is 132 cm³/mol. The fourth-order valence-electron chi connectivity index (χ4n) is 5.00. The molecular formula is C28H42N2O. The zero-order chi connectivity index (χ0) is 21.9. The average Bonchev–Trinajstić information content (AvgIpc) is 2.80. The first-order chi connectivity index (χ1) is 15.2. The minimum Gasteiger partial charge on any atom is -0.508 e. The lowest BCUT2D eigenvalue weighted by Gasteiger charge is -2.36. The molecule has 3 rings (SSSR count). The van der Waals surface area contributed by atoms with Gasteiger partial charge in [0, 0.05) is 6.04 Å². The third-order valence-corrected chi connectivity index (χ3v) is 6.86. The SMILES string of the molecule is CCCN(CCCCCCNCCc1ccccc1)[C@H]1CCc2c(ccc(O)c2C)C1. The van der Waals surface area contributed by atoms with Crippen LogP contribution in [-0.4, -0.2) is 42.2 Å². The maximum absolute atomic E-state index is 10.0. The minimum atomic E-state index is 0.456. The number of hydrogen-bond donors (Lipinski definition) is 2. The average molecular weight is 423 g/mol. The first-order valence-electron chi connectivity index (χ1n) is 12.5. The Kier molecular flexibility index (Phi) is 9.89. The van der Waals surface area contributed by atoms with Crippen LogP contribution in [0, 0.1) is 6.92 Å². The molecule has 0 aliphatic heterocycles. The number of unbranched alkanes of at least 4 members (excludes halogenated alkanes) is 3. The van der Waals surface area contributed by atoms with Crippen molar-refractivity contribution in [3.05, 3.63) is 64.7 Å². The summed E-state index contributed by atoms with van der Waals surface area (Å²) in [6.45, 7) is 9.01. The molecular weight excluding hydrogens is 380 g/mol. The van der Waals surface area contributed by atoms with Crippen LogP contribution in [0.15, 0.2) is 42.5 Å². The normalized spacial score (nSPS) is 15.9. The van der Waals surface area contributed by atoms with E-state index in [-0.39, 0.29) is 0 Å². The lowest BCUT2D eigenvalue weighted by Crippen LogP contribution is -2.40. The Balaban J connectivity index is 1.31. The molecule has 170 valence electrons. The highest BCUT2D eigenvalue weighted by Crippen LogP contribution is 2.31. The lowest BCUT2D eigenvalue weighted by atomic mass is 9.84. The van der Waals surface area contributed by atoms with Crippen LogP contribution in [-0.2, 0) is 19.3 Å². The molecule has 0 amide bonds. The number of hydrogen-bond acceptors (Lipinski definition) is 3. The van der Waals surface area contributed by atoms with Crippen molar-refractivity contribution < 1.29 is 5.11 Å². The van der Waals surface area contributed by atoms with Crippen molar-refractivity contribution in [1.29, 1.82) is 0 Å². The van der Waals surface area contributed by atoms with Crippen molar-refractivity contribution in [2.24, 2.45) is 0 Å². The van der Waals surface area contributed by atoms with Crippen LogP contribution in [0.2, 0.25) is 0 Å². The summed E-state index contributed by atoms with van der Waals surface area (Å²) in [5.41, 5.74) is 5.36. The minimum absolute atomic E-state index is 0.456. The zero-order valence-electron chi connectivity index (χ0n) is 19.7. The Morgan fingerprint density at radius 2 is 1.77 bits per heavy atom. The van der Waals surface area contributed by atoms with Crippen LogP contribution < -0.4 is 5.32 Å². The topological polar surface area (TPSA) is 35.5 Å². The van der Waals surface area contributed by atoms with Crippen molar-refractivity contribution in [3.8, 4) is 5.75 Å². The Morgan fingerprint density at radius 3 is 2.58 bits per heavy atom. The maximum Gasteiger partial charge on any atom is 0.118 e. The fourth-order valence-corrected chi connectivity index (χ4v) is 5.00. The standard InChI is InChI=1S/C28H42N2O/c1-3-20-30(26-14-15-27-23(2)28(31)16-13-25(27)22-26)21-10-5-4-9-18-29-19-17-24-11-7-6-8-12-24/h6-8,11-13,16,26,29,31H,3-5,9-10,14-15,17-22H2,1-2H3/t26-/m0/s1. The van der Waals surface area contributed by atoms with E-state index >= 15 is 0 Å². The molecule has 1 atom stereocenters. The molecule has 0 aromatic heterocycles. The molecule has 0 spiro atoms. The molecule has 0 fully saturated rings. The molecule has 2 aromatic rings. The number of phenolic OH excluding ortho intramolecular Hbond substituents is 1. The van der Waals surface area contributed by atoms with E-state index in [1.165, 1.54) is 68.3 Å². The Hall–Kier alpha value is -1.84. The second kappa shape index (κ2) is 12.9. The molecule has 31 heavy (non-hydrogen) atoms. The molecule has 0 saturated carbocycles. The summed E-state index contributed by atoms with van der Waals surface area (Å²) < 4.78 is 0. The summed E-state index contributed by atoms with van der Waals surface area (Å²) in [5, 5.41) is 13.6. The highest BCUT2D eigenvalue weighted by molar-refractivity contribution is 5.45. The molecule has 0 unspecified atom stereocenters. The van der Waals surface area contributed by atoms with Crippen molar-refractivity contribution in [2.45, 2.75) is 77.7 Å². The summed E-state index contributed by atoms with van der Waals surface area (Å²) in [6, 6.07) is 15.4. The molecule has 3 heteroatoms. The second-order valence-corrected chi connectivity index (χ2v) is 9.18. The molecule has 0 saturated heterocycles. The van der Waals surface area contributed by atoms with E-state index in [1.54, 1.807) is 0 Å². The van der Waals surface area contributed by atoms with Gasteiger partial charge in [0.1, 0.15) is 5.75 Å². The van der Waals surface area contributed by atoms with Crippen molar-refractivity contribution in [2.75, 3.05) is 26.2 Å². The van der Waals surface area contributed by atoms with E-state index in [1.807, 2.05) is 6.07 Å². The Bertz CT molecular complexity index is 774. The fraction of sp³-hybridized carbons (Fsp3) is 0.571.